The maximum absolute atomic E-state index is 12.4. The maximum Gasteiger partial charge on any atom is 0.343 e. The summed E-state index contributed by atoms with van der Waals surface area (Å²) in [6.07, 6.45) is 1.44. The standard InChI is InChI=1S/C13H7Cl2N3O5S2/c14-8-5-7(11(15)24-8)25(21,22)18-12-9(13(19)20)10(17-23-12)6-3-1-2-4-16-6/h1-5,18H,(H,19,20). The van der Waals surface area contributed by atoms with Crippen LogP contribution in [-0.4, -0.2) is 29.6 Å². The summed E-state index contributed by atoms with van der Waals surface area (Å²) in [5.41, 5.74) is -0.370. The Kier molecular flexibility index (Phi) is 4.69. The van der Waals surface area contributed by atoms with Crippen molar-refractivity contribution in [2.75, 3.05) is 4.72 Å². The van der Waals surface area contributed by atoms with Gasteiger partial charge in [0, 0.05) is 6.20 Å². The zero-order chi connectivity index (χ0) is 18.2. The Morgan fingerprint density at radius 3 is 2.64 bits per heavy atom. The van der Waals surface area contributed by atoms with Gasteiger partial charge in [0.25, 0.3) is 15.9 Å². The Hall–Kier alpha value is -2.14. The van der Waals surface area contributed by atoms with Crippen molar-refractivity contribution in [3.8, 4) is 11.4 Å². The predicted octanol–water partition coefficient (Wildman–Crippen LogP) is 3.60. The van der Waals surface area contributed by atoms with E-state index in [1.54, 1.807) is 12.1 Å². The highest BCUT2D eigenvalue weighted by Gasteiger charge is 2.29. The Bertz CT molecular complexity index is 1050. The van der Waals surface area contributed by atoms with Crippen molar-refractivity contribution < 1.29 is 22.8 Å². The summed E-state index contributed by atoms with van der Waals surface area (Å²) in [6.45, 7) is 0. The van der Waals surface area contributed by atoms with E-state index in [1.165, 1.54) is 12.3 Å². The van der Waals surface area contributed by atoms with Gasteiger partial charge in [0.2, 0.25) is 0 Å². The first-order valence-corrected chi connectivity index (χ1v) is 9.47. The topological polar surface area (TPSA) is 122 Å². The van der Waals surface area contributed by atoms with E-state index in [2.05, 4.69) is 10.1 Å². The molecule has 0 amide bonds. The number of hydrogen-bond donors (Lipinski definition) is 2. The highest BCUT2D eigenvalue weighted by molar-refractivity contribution is 7.93. The van der Waals surface area contributed by atoms with E-state index in [0.717, 1.165) is 17.4 Å². The summed E-state index contributed by atoms with van der Waals surface area (Å²) < 4.78 is 31.8. The van der Waals surface area contributed by atoms with Crippen LogP contribution >= 0.6 is 34.5 Å². The van der Waals surface area contributed by atoms with E-state index >= 15 is 0 Å². The molecule has 8 nitrogen and oxygen atoms in total. The number of carbonyl (C=O) groups is 1. The summed E-state index contributed by atoms with van der Waals surface area (Å²) in [5, 5.41) is 13.0. The summed E-state index contributed by atoms with van der Waals surface area (Å²) in [6, 6.07) is 5.92. The first-order valence-electron chi connectivity index (χ1n) is 6.41. The molecular formula is C13H7Cl2N3O5S2. The van der Waals surface area contributed by atoms with Gasteiger partial charge in [-0.15, -0.1) is 11.3 Å². The molecule has 2 N–H and O–H groups in total. The van der Waals surface area contributed by atoms with Gasteiger partial charge in [0.05, 0.1) is 10.0 Å². The number of nitrogens with zero attached hydrogens (tertiary/aromatic N) is 2. The molecule has 0 aliphatic carbocycles. The van der Waals surface area contributed by atoms with Crippen LogP contribution < -0.4 is 4.72 Å². The Morgan fingerprint density at radius 1 is 1.32 bits per heavy atom. The molecule has 0 atom stereocenters. The normalized spacial score (nSPS) is 11.4. The molecule has 3 aromatic heterocycles. The second-order valence-electron chi connectivity index (χ2n) is 4.55. The maximum atomic E-state index is 12.4. The average Bonchev–Trinajstić information content (AvgIpc) is 3.11. The molecular weight excluding hydrogens is 413 g/mol. The number of pyridine rings is 1. The zero-order valence-electron chi connectivity index (χ0n) is 11.9. The molecule has 12 heteroatoms. The molecule has 0 saturated carbocycles. The van der Waals surface area contributed by atoms with Gasteiger partial charge in [0.15, 0.2) is 5.56 Å². The van der Waals surface area contributed by atoms with Crippen LogP contribution in [0.1, 0.15) is 10.4 Å². The van der Waals surface area contributed by atoms with Crippen molar-refractivity contribution in [3.05, 3.63) is 44.7 Å². The number of hydrogen-bond acceptors (Lipinski definition) is 7. The van der Waals surface area contributed by atoms with E-state index in [0.29, 0.717) is 0 Å². The number of carboxylic acids is 1. The van der Waals surface area contributed by atoms with Crippen LogP contribution in [0.2, 0.25) is 8.67 Å². The van der Waals surface area contributed by atoms with Gasteiger partial charge in [-0.1, -0.05) is 34.4 Å². The van der Waals surface area contributed by atoms with Crippen molar-refractivity contribution in [2.24, 2.45) is 0 Å². The van der Waals surface area contributed by atoms with Crippen LogP contribution in [0, 0.1) is 0 Å². The van der Waals surface area contributed by atoms with Gasteiger partial charge in [-0.2, -0.15) is 0 Å². The fourth-order valence-electron chi connectivity index (χ4n) is 1.92. The van der Waals surface area contributed by atoms with Gasteiger partial charge in [0.1, 0.15) is 14.9 Å². The number of thiophene rings is 1. The van der Waals surface area contributed by atoms with Gasteiger partial charge in [-0.3, -0.25) is 4.98 Å². The number of sulfonamides is 1. The number of nitrogens with one attached hydrogen (secondary N) is 1. The molecule has 0 aliphatic heterocycles. The minimum absolute atomic E-state index is 0.0705. The fourth-order valence-corrected chi connectivity index (χ4v) is 5.07. The number of aromatic carboxylic acids is 1. The molecule has 0 saturated heterocycles. The Morgan fingerprint density at radius 2 is 2.08 bits per heavy atom. The molecule has 0 fully saturated rings. The number of aromatic nitrogens is 2. The summed E-state index contributed by atoms with van der Waals surface area (Å²) in [5.74, 6) is -2.00. The SMILES string of the molecule is O=C(O)c1c(-c2ccccn2)noc1NS(=O)(=O)c1cc(Cl)sc1Cl. The van der Waals surface area contributed by atoms with E-state index in [-0.39, 0.29) is 25.0 Å². The first-order chi connectivity index (χ1) is 11.8. The molecule has 0 bridgehead atoms. The minimum atomic E-state index is -4.22. The third kappa shape index (κ3) is 3.47. The molecule has 3 heterocycles. The minimum Gasteiger partial charge on any atom is -0.477 e. The molecule has 0 unspecified atom stereocenters. The number of rotatable bonds is 5. The second kappa shape index (κ2) is 6.64. The summed E-state index contributed by atoms with van der Waals surface area (Å²) in [4.78, 5) is 15.2. The van der Waals surface area contributed by atoms with Crippen molar-refractivity contribution >= 4 is 56.4 Å². The lowest BCUT2D eigenvalue weighted by atomic mass is 10.2. The number of halogens is 2. The smallest absolute Gasteiger partial charge is 0.343 e. The van der Waals surface area contributed by atoms with Crippen molar-refractivity contribution in [2.45, 2.75) is 4.90 Å². The number of carboxylic acid groups (broad SMARTS) is 1. The van der Waals surface area contributed by atoms with E-state index in [4.69, 9.17) is 27.7 Å². The van der Waals surface area contributed by atoms with Crippen LogP contribution in [0.25, 0.3) is 11.4 Å². The lowest BCUT2D eigenvalue weighted by Gasteiger charge is -2.04. The third-order valence-corrected chi connectivity index (χ3v) is 6.04. The van der Waals surface area contributed by atoms with Crippen LogP contribution in [0.5, 0.6) is 0 Å². The fraction of sp³-hybridized carbons (Fsp3) is 0. The highest BCUT2D eigenvalue weighted by Crippen LogP contribution is 2.36. The second-order valence-corrected chi connectivity index (χ2v) is 8.49. The highest BCUT2D eigenvalue weighted by atomic mass is 35.5. The molecule has 130 valence electrons. The third-order valence-electron chi connectivity index (χ3n) is 2.96. The average molecular weight is 420 g/mol. The largest absolute Gasteiger partial charge is 0.477 e. The summed E-state index contributed by atoms with van der Waals surface area (Å²) >= 11 is 12.4. The lowest BCUT2D eigenvalue weighted by molar-refractivity contribution is 0.0698. The van der Waals surface area contributed by atoms with Gasteiger partial charge >= 0.3 is 5.97 Å². The monoisotopic (exact) mass is 419 g/mol. The number of anilines is 1. The molecule has 0 spiro atoms. The van der Waals surface area contributed by atoms with Gasteiger partial charge in [-0.05, 0) is 18.2 Å². The van der Waals surface area contributed by atoms with Gasteiger partial charge in [-0.25, -0.2) is 17.9 Å². The summed E-state index contributed by atoms with van der Waals surface area (Å²) in [7, 11) is -4.22. The van der Waals surface area contributed by atoms with Crippen molar-refractivity contribution in [3.63, 3.8) is 0 Å². The quantitative estimate of drug-likeness (QED) is 0.647. The van der Waals surface area contributed by atoms with Crippen LogP contribution in [0.15, 0.2) is 39.9 Å². The van der Waals surface area contributed by atoms with Crippen molar-refractivity contribution in [1.82, 2.24) is 10.1 Å². The van der Waals surface area contributed by atoms with E-state index < -0.39 is 27.4 Å². The van der Waals surface area contributed by atoms with E-state index in [9.17, 15) is 18.3 Å². The van der Waals surface area contributed by atoms with Crippen molar-refractivity contribution in [1.29, 1.82) is 0 Å². The first kappa shape index (κ1) is 17.7. The van der Waals surface area contributed by atoms with E-state index in [1.807, 2.05) is 4.72 Å². The Balaban J connectivity index is 2.05. The Labute approximate surface area is 155 Å². The van der Waals surface area contributed by atoms with Gasteiger partial charge < -0.3 is 9.63 Å². The molecule has 0 radical (unpaired) electrons. The predicted molar refractivity (Wildman–Crippen MR) is 91.8 cm³/mol. The molecule has 25 heavy (non-hydrogen) atoms. The molecule has 3 rings (SSSR count). The lowest BCUT2D eigenvalue weighted by Crippen LogP contribution is -2.14. The zero-order valence-corrected chi connectivity index (χ0v) is 15.1. The van der Waals surface area contributed by atoms with Crippen LogP contribution in [0.3, 0.4) is 0 Å². The molecule has 0 aromatic carbocycles. The van der Waals surface area contributed by atoms with Crippen LogP contribution in [-0.2, 0) is 10.0 Å². The van der Waals surface area contributed by atoms with Crippen LogP contribution in [0.4, 0.5) is 5.88 Å². The molecule has 0 aliphatic rings. The molecule has 3 aromatic rings.